The van der Waals surface area contributed by atoms with Crippen molar-refractivity contribution in [1.82, 2.24) is 14.8 Å². The average Bonchev–Trinajstić information content (AvgIpc) is 3.41. The van der Waals surface area contributed by atoms with Crippen molar-refractivity contribution >= 4 is 28.8 Å². The van der Waals surface area contributed by atoms with Crippen LogP contribution in [-0.4, -0.2) is 44.3 Å². The lowest BCUT2D eigenvalue weighted by molar-refractivity contribution is -0.360. The zero-order valence-electron chi connectivity index (χ0n) is 22.1. The second kappa shape index (κ2) is 11.5. The van der Waals surface area contributed by atoms with Gasteiger partial charge in [0.15, 0.2) is 11.0 Å². The van der Waals surface area contributed by atoms with Crippen molar-refractivity contribution in [2.24, 2.45) is 10.2 Å². The lowest BCUT2D eigenvalue weighted by atomic mass is 10.0. The standard InChI is InChI=1S/C28H22F6N6OS/c1-17(2)23-12-7-20(29)13-24(23)39-16-42-26(39)37-36-14-18-3-5-19(6-4-18)25-35-15-40(38-25)21-8-10-22(11-9-21)41-28(33,34)27(30,31)32/h3-15,17H,16H2,1-2H3/b36-14+,37-26-. The molecule has 0 radical (unpaired) electrons. The van der Waals surface area contributed by atoms with Crippen LogP contribution in [0.4, 0.5) is 32.0 Å². The van der Waals surface area contributed by atoms with E-state index >= 15 is 0 Å². The van der Waals surface area contributed by atoms with E-state index in [1.54, 1.807) is 36.5 Å². The van der Waals surface area contributed by atoms with E-state index in [0.717, 1.165) is 28.9 Å². The van der Waals surface area contributed by atoms with Gasteiger partial charge in [0.05, 0.1) is 23.5 Å². The van der Waals surface area contributed by atoms with E-state index in [-0.39, 0.29) is 11.7 Å². The van der Waals surface area contributed by atoms with Crippen LogP contribution in [-0.2, 0) is 0 Å². The molecule has 2 heterocycles. The first kappa shape index (κ1) is 29.2. The van der Waals surface area contributed by atoms with Gasteiger partial charge < -0.3 is 9.64 Å². The Hall–Kier alpha value is -4.33. The summed E-state index contributed by atoms with van der Waals surface area (Å²) in [5.41, 5.74) is 3.62. The molecular formula is C28H22F6N6OS. The van der Waals surface area contributed by atoms with E-state index in [2.05, 4.69) is 25.0 Å². The molecule has 3 aromatic carbocycles. The highest BCUT2D eigenvalue weighted by Gasteiger charge is 2.61. The second-order valence-corrected chi connectivity index (χ2v) is 10.3. The zero-order chi connectivity index (χ0) is 30.1. The molecule has 0 bridgehead atoms. The summed E-state index contributed by atoms with van der Waals surface area (Å²) in [5.74, 6) is 0.269. The average molecular weight is 605 g/mol. The predicted octanol–water partition coefficient (Wildman–Crippen LogP) is 7.63. The number of ether oxygens (including phenoxy) is 1. The number of alkyl halides is 5. The molecule has 0 N–H and O–H groups in total. The van der Waals surface area contributed by atoms with Crippen LogP contribution in [0.25, 0.3) is 17.1 Å². The molecule has 0 unspecified atom stereocenters. The third-order valence-corrected chi connectivity index (χ3v) is 7.09. The normalized spacial score (nSPS) is 15.1. The highest BCUT2D eigenvalue weighted by molar-refractivity contribution is 8.16. The van der Waals surface area contributed by atoms with Gasteiger partial charge >= 0.3 is 12.3 Å². The Labute approximate surface area is 240 Å². The maximum absolute atomic E-state index is 13.9. The molecule has 0 amide bonds. The van der Waals surface area contributed by atoms with Gasteiger partial charge in [0, 0.05) is 5.56 Å². The molecule has 5 rings (SSSR count). The monoisotopic (exact) mass is 604 g/mol. The van der Waals surface area contributed by atoms with Crippen molar-refractivity contribution in [2.75, 3.05) is 10.8 Å². The van der Waals surface area contributed by atoms with Crippen LogP contribution >= 0.6 is 11.8 Å². The lowest BCUT2D eigenvalue weighted by Crippen LogP contribution is -2.41. The van der Waals surface area contributed by atoms with Crippen molar-refractivity contribution in [2.45, 2.75) is 32.1 Å². The molecule has 0 saturated carbocycles. The topological polar surface area (TPSA) is 67.9 Å². The smallest absolute Gasteiger partial charge is 0.426 e. The number of rotatable bonds is 8. The molecule has 1 aliphatic rings. The quantitative estimate of drug-likeness (QED) is 0.118. The third kappa shape index (κ3) is 6.27. The number of hydrogen-bond donors (Lipinski definition) is 0. The maximum Gasteiger partial charge on any atom is 0.499 e. The van der Waals surface area contributed by atoms with E-state index < -0.39 is 18.0 Å². The SMILES string of the molecule is CC(C)c1ccc(F)cc1N1CS/C1=N\N=C\c1ccc(-c2ncn(-c3ccc(OC(F)(F)C(F)(F)F)cc3)n2)cc1. The molecule has 1 fully saturated rings. The van der Waals surface area contributed by atoms with E-state index in [1.807, 2.05) is 18.7 Å². The first-order valence-electron chi connectivity index (χ1n) is 12.5. The molecule has 1 aromatic heterocycles. The number of anilines is 1. The Morgan fingerprint density at radius 3 is 2.31 bits per heavy atom. The zero-order valence-corrected chi connectivity index (χ0v) is 22.9. The molecule has 0 spiro atoms. The largest absolute Gasteiger partial charge is 0.499 e. The Kier molecular flexibility index (Phi) is 7.99. The summed E-state index contributed by atoms with van der Waals surface area (Å²) in [7, 11) is 0. The third-order valence-electron chi connectivity index (χ3n) is 6.15. The van der Waals surface area contributed by atoms with Gasteiger partial charge in [-0.2, -0.15) is 27.1 Å². The molecule has 218 valence electrons. The molecule has 42 heavy (non-hydrogen) atoms. The van der Waals surface area contributed by atoms with Gasteiger partial charge in [-0.3, -0.25) is 0 Å². The number of hydrogen-bond acceptors (Lipinski definition) is 6. The second-order valence-electron chi connectivity index (χ2n) is 9.43. The van der Waals surface area contributed by atoms with Gasteiger partial charge in [0.1, 0.15) is 17.9 Å². The Morgan fingerprint density at radius 2 is 1.69 bits per heavy atom. The fraction of sp³-hybridized carbons (Fsp3) is 0.214. The van der Waals surface area contributed by atoms with Gasteiger partial charge in [0.25, 0.3) is 0 Å². The van der Waals surface area contributed by atoms with Crippen LogP contribution in [0.1, 0.15) is 30.9 Å². The van der Waals surface area contributed by atoms with Crippen LogP contribution in [0, 0.1) is 5.82 Å². The first-order chi connectivity index (χ1) is 19.9. The van der Waals surface area contributed by atoms with Gasteiger partial charge in [-0.25, -0.2) is 14.1 Å². The number of nitrogens with zero attached hydrogens (tertiary/aromatic N) is 6. The van der Waals surface area contributed by atoms with Gasteiger partial charge in [-0.1, -0.05) is 55.9 Å². The molecule has 0 aliphatic carbocycles. The molecule has 1 saturated heterocycles. The number of halogens is 6. The van der Waals surface area contributed by atoms with Gasteiger partial charge in [-0.05, 0) is 53.4 Å². The van der Waals surface area contributed by atoms with Crippen LogP contribution < -0.4 is 9.64 Å². The van der Waals surface area contributed by atoms with Gasteiger partial charge in [0.2, 0.25) is 0 Å². The number of thioether (sulfide) groups is 1. The van der Waals surface area contributed by atoms with Crippen molar-refractivity contribution in [1.29, 1.82) is 0 Å². The summed E-state index contributed by atoms with van der Waals surface area (Å²) in [6.07, 6.45) is -8.18. The maximum atomic E-state index is 13.9. The molecule has 14 heteroatoms. The minimum absolute atomic E-state index is 0.220. The van der Waals surface area contributed by atoms with Crippen LogP contribution in [0.2, 0.25) is 0 Å². The number of benzene rings is 3. The van der Waals surface area contributed by atoms with Crippen LogP contribution in [0.5, 0.6) is 5.75 Å². The van der Waals surface area contributed by atoms with Crippen LogP contribution in [0.3, 0.4) is 0 Å². The summed E-state index contributed by atoms with van der Waals surface area (Å²) >= 11 is 1.51. The highest BCUT2D eigenvalue weighted by atomic mass is 32.2. The Balaban J connectivity index is 1.23. The fourth-order valence-corrected chi connectivity index (χ4v) is 4.65. The highest BCUT2D eigenvalue weighted by Crippen LogP contribution is 2.38. The summed E-state index contributed by atoms with van der Waals surface area (Å²) in [6.45, 7) is 4.10. The molecular weight excluding hydrogens is 582 g/mol. The summed E-state index contributed by atoms with van der Waals surface area (Å²) < 4.78 is 82.3. The van der Waals surface area contributed by atoms with Crippen molar-refractivity contribution < 1.29 is 31.1 Å². The molecule has 1 aliphatic heterocycles. The van der Waals surface area contributed by atoms with Gasteiger partial charge in [-0.15, -0.1) is 10.2 Å². The minimum Gasteiger partial charge on any atom is -0.426 e. The van der Waals surface area contributed by atoms with Crippen molar-refractivity contribution in [3.63, 3.8) is 0 Å². The summed E-state index contributed by atoms with van der Waals surface area (Å²) in [5, 5.41) is 13.5. The fourth-order valence-electron chi connectivity index (χ4n) is 3.94. The number of amidine groups is 1. The summed E-state index contributed by atoms with van der Waals surface area (Å²) in [4.78, 5) is 6.16. The summed E-state index contributed by atoms with van der Waals surface area (Å²) in [6, 6.07) is 16.4. The van der Waals surface area contributed by atoms with E-state index in [1.165, 1.54) is 47.0 Å². The van der Waals surface area contributed by atoms with Crippen molar-refractivity contribution in [3.8, 4) is 22.8 Å². The lowest BCUT2D eigenvalue weighted by Gasteiger charge is -2.35. The van der Waals surface area contributed by atoms with Crippen molar-refractivity contribution in [3.05, 3.63) is 90.0 Å². The predicted molar refractivity (Wildman–Crippen MR) is 149 cm³/mol. The Bertz CT molecular complexity index is 1620. The minimum atomic E-state index is -5.83. The molecule has 0 atom stereocenters. The van der Waals surface area contributed by atoms with E-state index in [4.69, 9.17) is 0 Å². The first-order valence-corrected chi connectivity index (χ1v) is 13.5. The van der Waals surface area contributed by atoms with E-state index in [0.29, 0.717) is 28.1 Å². The number of aromatic nitrogens is 3. The van der Waals surface area contributed by atoms with E-state index in [9.17, 15) is 26.3 Å². The molecule has 4 aromatic rings. The van der Waals surface area contributed by atoms with Crippen LogP contribution in [0.15, 0.2) is 83.3 Å². The Morgan fingerprint density at radius 1 is 0.976 bits per heavy atom. The molecule has 7 nitrogen and oxygen atoms in total.